The molecule has 0 aliphatic carbocycles. The molecule has 0 saturated heterocycles. The van der Waals surface area contributed by atoms with E-state index in [1.54, 1.807) is 36.5 Å². The quantitative estimate of drug-likeness (QED) is 0.233. The summed E-state index contributed by atoms with van der Waals surface area (Å²) in [5.41, 5.74) is 1.84. The molecule has 1 amide bonds. The lowest BCUT2D eigenvalue weighted by atomic mass is 10.2. The van der Waals surface area contributed by atoms with Crippen LogP contribution in [-0.4, -0.2) is 20.6 Å². The van der Waals surface area contributed by atoms with E-state index in [1.165, 1.54) is 28.9 Å². The number of aromatic nitrogens is 2. The third-order valence-corrected chi connectivity index (χ3v) is 5.28. The Labute approximate surface area is 206 Å². The van der Waals surface area contributed by atoms with Crippen LogP contribution in [0, 0.1) is 24.0 Å². The number of nitro benzene ring substituents is 1. The lowest BCUT2D eigenvalue weighted by molar-refractivity contribution is -0.384. The molecule has 0 unspecified atom stereocenters. The lowest BCUT2D eigenvalue weighted by Gasteiger charge is -2.11. The summed E-state index contributed by atoms with van der Waals surface area (Å²) in [5, 5.41) is 18.9. The average molecular weight is 493 g/mol. The van der Waals surface area contributed by atoms with Crippen LogP contribution in [0.4, 0.5) is 11.4 Å². The van der Waals surface area contributed by atoms with Crippen molar-refractivity contribution in [1.29, 1.82) is 0 Å². The van der Waals surface area contributed by atoms with Crippen molar-refractivity contribution in [3.63, 3.8) is 0 Å². The molecule has 0 spiro atoms. The number of amides is 1. The van der Waals surface area contributed by atoms with Gasteiger partial charge in [0.05, 0.1) is 16.7 Å². The van der Waals surface area contributed by atoms with E-state index in [9.17, 15) is 14.9 Å². The molecule has 10 heteroatoms. The molecule has 4 aromatic rings. The van der Waals surface area contributed by atoms with Gasteiger partial charge < -0.3 is 14.8 Å². The molecule has 0 radical (unpaired) electrons. The van der Waals surface area contributed by atoms with Gasteiger partial charge in [0.1, 0.15) is 17.2 Å². The summed E-state index contributed by atoms with van der Waals surface area (Å²) in [6.07, 6.45) is 1.60. The second kappa shape index (κ2) is 10.3. The van der Waals surface area contributed by atoms with Gasteiger partial charge in [0.2, 0.25) is 0 Å². The van der Waals surface area contributed by atoms with Crippen molar-refractivity contribution < 1.29 is 19.2 Å². The van der Waals surface area contributed by atoms with Crippen molar-refractivity contribution >= 4 is 28.9 Å². The largest absolute Gasteiger partial charge is 0.471 e. The number of rotatable bonds is 8. The highest BCUT2D eigenvalue weighted by Crippen LogP contribution is 2.31. The maximum absolute atomic E-state index is 12.7. The summed E-state index contributed by atoms with van der Waals surface area (Å²) >= 11 is 5.96. The minimum absolute atomic E-state index is 0.0843. The van der Waals surface area contributed by atoms with Gasteiger partial charge in [-0.05, 0) is 55.3 Å². The van der Waals surface area contributed by atoms with Gasteiger partial charge in [0, 0.05) is 23.4 Å². The number of para-hydroxylation sites is 1. The molecule has 0 aliphatic heterocycles. The number of nitrogens with one attached hydrogen (secondary N) is 1. The number of nitrogens with zero attached hydrogens (tertiary/aromatic N) is 3. The Kier molecular flexibility index (Phi) is 6.98. The first-order chi connectivity index (χ1) is 16.8. The van der Waals surface area contributed by atoms with E-state index in [-0.39, 0.29) is 29.5 Å². The molecule has 9 nitrogen and oxygen atoms in total. The monoisotopic (exact) mass is 492 g/mol. The van der Waals surface area contributed by atoms with Crippen molar-refractivity contribution in [2.24, 2.45) is 0 Å². The SMILES string of the molecule is Cc1cc(Cl)ccc1OCn1ccc(C(=O)Nc2cc(Oc3ccccc3C)cc([N+](=O)[O-])c2)n1. The van der Waals surface area contributed by atoms with E-state index in [0.717, 1.165) is 11.1 Å². The van der Waals surface area contributed by atoms with Crippen LogP contribution < -0.4 is 14.8 Å². The van der Waals surface area contributed by atoms with Crippen molar-refractivity contribution in [1.82, 2.24) is 9.78 Å². The molecule has 4 rings (SSSR count). The molecule has 35 heavy (non-hydrogen) atoms. The Balaban J connectivity index is 1.47. The summed E-state index contributed by atoms with van der Waals surface area (Å²) in [6, 6.07) is 18.1. The van der Waals surface area contributed by atoms with E-state index in [2.05, 4.69) is 10.4 Å². The molecule has 0 fully saturated rings. The Morgan fingerprint density at radius 1 is 1.06 bits per heavy atom. The summed E-state index contributed by atoms with van der Waals surface area (Å²) < 4.78 is 13.0. The first kappa shape index (κ1) is 23.8. The zero-order valence-electron chi connectivity index (χ0n) is 18.9. The minimum Gasteiger partial charge on any atom is -0.471 e. The number of benzene rings is 3. The Hall–Kier alpha value is -4.37. The third kappa shape index (κ3) is 5.96. The summed E-state index contributed by atoms with van der Waals surface area (Å²) in [6.45, 7) is 3.82. The van der Waals surface area contributed by atoms with Gasteiger partial charge in [0.15, 0.2) is 12.4 Å². The lowest BCUT2D eigenvalue weighted by Crippen LogP contribution is -2.14. The molecular formula is C25H21ClN4O5. The highest BCUT2D eigenvalue weighted by molar-refractivity contribution is 6.30. The van der Waals surface area contributed by atoms with Crippen LogP contribution in [0.3, 0.4) is 0 Å². The molecule has 0 saturated carbocycles. The number of carbonyl (C=O) groups excluding carboxylic acids is 1. The first-order valence-electron chi connectivity index (χ1n) is 10.6. The van der Waals surface area contributed by atoms with Crippen LogP contribution in [0.1, 0.15) is 21.6 Å². The van der Waals surface area contributed by atoms with Gasteiger partial charge in [-0.2, -0.15) is 5.10 Å². The summed E-state index contributed by atoms with van der Waals surface area (Å²) in [4.78, 5) is 23.6. The fourth-order valence-electron chi connectivity index (χ4n) is 3.28. The van der Waals surface area contributed by atoms with Gasteiger partial charge in [0.25, 0.3) is 11.6 Å². The van der Waals surface area contributed by atoms with E-state index in [0.29, 0.717) is 16.5 Å². The molecule has 0 atom stereocenters. The molecular weight excluding hydrogens is 472 g/mol. The number of hydrogen-bond donors (Lipinski definition) is 1. The number of aryl methyl sites for hydroxylation is 2. The van der Waals surface area contributed by atoms with E-state index >= 15 is 0 Å². The van der Waals surface area contributed by atoms with Crippen molar-refractivity contribution in [2.75, 3.05) is 5.32 Å². The van der Waals surface area contributed by atoms with Crippen LogP contribution >= 0.6 is 11.6 Å². The maximum atomic E-state index is 12.7. The topological polar surface area (TPSA) is 109 Å². The number of ether oxygens (including phenoxy) is 2. The highest BCUT2D eigenvalue weighted by Gasteiger charge is 2.16. The fourth-order valence-corrected chi connectivity index (χ4v) is 3.50. The number of anilines is 1. The van der Waals surface area contributed by atoms with E-state index < -0.39 is 10.8 Å². The Bertz CT molecular complexity index is 1400. The molecule has 0 bridgehead atoms. The minimum atomic E-state index is -0.550. The fraction of sp³-hybridized carbons (Fsp3) is 0.120. The third-order valence-electron chi connectivity index (χ3n) is 5.04. The van der Waals surface area contributed by atoms with Crippen LogP contribution in [0.15, 0.2) is 72.9 Å². The van der Waals surface area contributed by atoms with Crippen molar-refractivity contribution in [3.8, 4) is 17.2 Å². The highest BCUT2D eigenvalue weighted by atomic mass is 35.5. The average Bonchev–Trinajstić information content (AvgIpc) is 3.29. The number of carbonyl (C=O) groups is 1. The zero-order chi connectivity index (χ0) is 24.9. The summed E-state index contributed by atoms with van der Waals surface area (Å²) in [7, 11) is 0. The van der Waals surface area contributed by atoms with Gasteiger partial charge in [-0.15, -0.1) is 0 Å². The van der Waals surface area contributed by atoms with Gasteiger partial charge >= 0.3 is 0 Å². The second-order valence-corrected chi connectivity index (χ2v) is 8.15. The normalized spacial score (nSPS) is 10.6. The molecule has 1 heterocycles. The smallest absolute Gasteiger partial charge is 0.276 e. The van der Waals surface area contributed by atoms with Gasteiger partial charge in [-0.25, -0.2) is 4.68 Å². The van der Waals surface area contributed by atoms with Crippen LogP contribution in [0.2, 0.25) is 5.02 Å². The number of non-ortho nitro benzene ring substituents is 1. The Morgan fingerprint density at radius 3 is 2.60 bits per heavy atom. The summed E-state index contributed by atoms with van der Waals surface area (Å²) in [5.74, 6) is 0.892. The molecule has 0 aliphatic rings. The predicted octanol–water partition coefficient (Wildman–Crippen LogP) is 6.14. The van der Waals surface area contributed by atoms with Gasteiger partial charge in [-0.1, -0.05) is 29.8 Å². The van der Waals surface area contributed by atoms with Crippen LogP contribution in [0.25, 0.3) is 0 Å². The van der Waals surface area contributed by atoms with Gasteiger partial charge in [-0.3, -0.25) is 14.9 Å². The van der Waals surface area contributed by atoms with E-state index in [1.807, 2.05) is 26.0 Å². The number of halogens is 1. The van der Waals surface area contributed by atoms with Crippen LogP contribution in [0.5, 0.6) is 17.2 Å². The second-order valence-electron chi connectivity index (χ2n) is 7.72. The van der Waals surface area contributed by atoms with Crippen LogP contribution in [-0.2, 0) is 6.73 Å². The molecule has 178 valence electrons. The zero-order valence-corrected chi connectivity index (χ0v) is 19.7. The number of hydrogen-bond acceptors (Lipinski definition) is 6. The van der Waals surface area contributed by atoms with Crippen molar-refractivity contribution in [2.45, 2.75) is 20.6 Å². The van der Waals surface area contributed by atoms with Crippen molar-refractivity contribution in [3.05, 3.63) is 105 Å². The Morgan fingerprint density at radius 2 is 1.86 bits per heavy atom. The molecule has 1 N–H and O–H groups in total. The predicted molar refractivity (Wildman–Crippen MR) is 131 cm³/mol. The first-order valence-corrected chi connectivity index (χ1v) is 10.9. The number of nitro groups is 1. The molecule has 1 aromatic heterocycles. The standard InChI is InChI=1S/C25H21ClN4O5/c1-16-5-3-4-6-24(16)35-21-13-19(12-20(14-21)30(32)33)27-25(31)22-9-10-29(28-22)15-34-23-8-7-18(26)11-17(23)2/h3-14H,15H2,1-2H3,(H,27,31). The maximum Gasteiger partial charge on any atom is 0.276 e. The van der Waals surface area contributed by atoms with E-state index in [4.69, 9.17) is 21.1 Å². The molecule has 3 aromatic carbocycles.